The van der Waals surface area contributed by atoms with Gasteiger partial charge in [-0.2, -0.15) is 0 Å². The maximum absolute atomic E-state index is 4.75. The number of anilines is 1. The minimum absolute atomic E-state index is 0.862. The van der Waals surface area contributed by atoms with E-state index < -0.39 is 0 Å². The van der Waals surface area contributed by atoms with E-state index in [0.717, 1.165) is 57.2 Å². The van der Waals surface area contributed by atoms with Crippen molar-refractivity contribution in [3.05, 3.63) is 53.6 Å². The lowest BCUT2D eigenvalue weighted by atomic mass is 10.1. The first kappa shape index (κ1) is 17.0. The lowest BCUT2D eigenvalue weighted by Gasteiger charge is -2.36. The number of benzene rings is 1. The number of nitrogens with one attached hydrogen (secondary N) is 1. The first-order valence-electron chi connectivity index (χ1n) is 9.59. The molecule has 0 spiro atoms. The van der Waals surface area contributed by atoms with Crippen LogP contribution in [-0.2, 0) is 13.0 Å². The molecule has 1 aliphatic heterocycles. The van der Waals surface area contributed by atoms with Crippen molar-refractivity contribution in [2.75, 3.05) is 31.1 Å². The molecule has 3 heterocycles. The van der Waals surface area contributed by atoms with Crippen LogP contribution < -0.4 is 4.90 Å². The average molecular weight is 349 g/mol. The van der Waals surface area contributed by atoms with Crippen molar-refractivity contribution in [3.8, 4) is 0 Å². The van der Waals surface area contributed by atoms with Crippen molar-refractivity contribution >= 4 is 16.7 Å². The van der Waals surface area contributed by atoms with Crippen molar-refractivity contribution < 1.29 is 0 Å². The largest absolute Gasteiger partial charge is 0.361 e. The summed E-state index contributed by atoms with van der Waals surface area (Å²) in [6.07, 6.45) is 6.21. The highest BCUT2D eigenvalue weighted by Crippen LogP contribution is 2.23. The lowest BCUT2D eigenvalue weighted by molar-refractivity contribution is 0.250. The van der Waals surface area contributed by atoms with Gasteiger partial charge in [0.25, 0.3) is 0 Å². The highest BCUT2D eigenvalue weighted by atomic mass is 15.3. The van der Waals surface area contributed by atoms with Gasteiger partial charge in [-0.05, 0) is 31.0 Å². The molecule has 0 unspecified atom stereocenters. The SMILES string of the molecule is CCCc1cnc(C)nc1N1CCN(Cc2cccc3[nH]ccc23)CC1. The Balaban J connectivity index is 1.45. The fourth-order valence-electron chi connectivity index (χ4n) is 3.85. The van der Waals surface area contributed by atoms with E-state index in [1.54, 1.807) is 0 Å². The van der Waals surface area contributed by atoms with Crippen molar-refractivity contribution in [1.82, 2.24) is 19.9 Å². The molecule has 1 aromatic carbocycles. The Kier molecular flexibility index (Phi) is 4.89. The van der Waals surface area contributed by atoms with E-state index in [1.165, 1.54) is 22.0 Å². The normalized spacial score (nSPS) is 15.7. The summed E-state index contributed by atoms with van der Waals surface area (Å²) < 4.78 is 0. The van der Waals surface area contributed by atoms with Crippen LogP contribution >= 0.6 is 0 Å². The van der Waals surface area contributed by atoms with Gasteiger partial charge in [0.1, 0.15) is 11.6 Å². The number of aromatic nitrogens is 3. The summed E-state index contributed by atoms with van der Waals surface area (Å²) in [4.78, 5) is 17.4. The molecule has 1 aliphatic rings. The predicted octanol–water partition coefficient (Wildman–Crippen LogP) is 3.54. The highest BCUT2D eigenvalue weighted by Gasteiger charge is 2.21. The van der Waals surface area contributed by atoms with Crippen molar-refractivity contribution in [3.63, 3.8) is 0 Å². The van der Waals surface area contributed by atoms with Crippen LogP contribution in [0, 0.1) is 6.92 Å². The van der Waals surface area contributed by atoms with Crippen LogP contribution in [0.2, 0.25) is 0 Å². The summed E-state index contributed by atoms with van der Waals surface area (Å²) >= 11 is 0. The van der Waals surface area contributed by atoms with E-state index in [4.69, 9.17) is 4.98 Å². The molecule has 0 saturated carbocycles. The molecule has 0 aliphatic carbocycles. The number of fused-ring (bicyclic) bond motifs is 1. The van der Waals surface area contributed by atoms with E-state index in [0.29, 0.717) is 0 Å². The molecule has 26 heavy (non-hydrogen) atoms. The molecule has 5 heteroatoms. The summed E-state index contributed by atoms with van der Waals surface area (Å²) in [5, 5.41) is 1.34. The molecule has 2 aromatic heterocycles. The van der Waals surface area contributed by atoms with Gasteiger partial charge in [0.2, 0.25) is 0 Å². The summed E-state index contributed by atoms with van der Waals surface area (Å²) in [6, 6.07) is 8.71. The van der Waals surface area contributed by atoms with Gasteiger partial charge in [0.15, 0.2) is 0 Å². The van der Waals surface area contributed by atoms with E-state index in [2.05, 4.69) is 51.0 Å². The molecule has 1 fully saturated rings. The Morgan fingerprint density at radius 2 is 1.92 bits per heavy atom. The van der Waals surface area contributed by atoms with Gasteiger partial charge in [0, 0.05) is 61.6 Å². The zero-order valence-electron chi connectivity index (χ0n) is 15.7. The fraction of sp³-hybridized carbons (Fsp3) is 0.429. The molecule has 1 saturated heterocycles. The van der Waals surface area contributed by atoms with Crippen LogP contribution in [0.25, 0.3) is 10.9 Å². The van der Waals surface area contributed by atoms with Gasteiger partial charge in [-0.1, -0.05) is 25.5 Å². The first-order chi connectivity index (χ1) is 12.7. The number of aryl methyl sites for hydroxylation is 2. The number of hydrogen-bond acceptors (Lipinski definition) is 4. The molecule has 3 aromatic rings. The first-order valence-corrected chi connectivity index (χ1v) is 9.59. The Morgan fingerprint density at radius 3 is 2.73 bits per heavy atom. The topological polar surface area (TPSA) is 48.1 Å². The van der Waals surface area contributed by atoms with Crippen molar-refractivity contribution in [2.24, 2.45) is 0 Å². The van der Waals surface area contributed by atoms with E-state index in [9.17, 15) is 0 Å². The third kappa shape index (κ3) is 3.44. The molecule has 136 valence electrons. The van der Waals surface area contributed by atoms with Gasteiger partial charge in [-0.25, -0.2) is 9.97 Å². The van der Waals surface area contributed by atoms with Crippen LogP contribution in [-0.4, -0.2) is 46.0 Å². The predicted molar refractivity (Wildman–Crippen MR) is 107 cm³/mol. The third-order valence-electron chi connectivity index (χ3n) is 5.23. The number of hydrogen-bond donors (Lipinski definition) is 1. The number of nitrogens with zero attached hydrogens (tertiary/aromatic N) is 4. The van der Waals surface area contributed by atoms with Gasteiger partial charge in [-0.15, -0.1) is 0 Å². The van der Waals surface area contributed by atoms with E-state index >= 15 is 0 Å². The second-order valence-corrected chi connectivity index (χ2v) is 7.14. The van der Waals surface area contributed by atoms with Gasteiger partial charge < -0.3 is 9.88 Å². The quantitative estimate of drug-likeness (QED) is 0.765. The molecule has 1 N–H and O–H groups in total. The van der Waals surface area contributed by atoms with Gasteiger partial charge in [-0.3, -0.25) is 4.90 Å². The molecule has 0 bridgehead atoms. The second kappa shape index (κ2) is 7.46. The van der Waals surface area contributed by atoms with Crippen molar-refractivity contribution in [1.29, 1.82) is 0 Å². The van der Waals surface area contributed by atoms with E-state index in [-0.39, 0.29) is 0 Å². The maximum Gasteiger partial charge on any atom is 0.135 e. The molecule has 0 amide bonds. The third-order valence-corrected chi connectivity index (χ3v) is 5.23. The second-order valence-electron chi connectivity index (χ2n) is 7.14. The van der Waals surface area contributed by atoms with E-state index in [1.807, 2.05) is 19.3 Å². The average Bonchev–Trinajstić information content (AvgIpc) is 3.14. The number of rotatable bonds is 5. The Morgan fingerprint density at radius 1 is 1.08 bits per heavy atom. The van der Waals surface area contributed by atoms with Crippen molar-refractivity contribution in [2.45, 2.75) is 33.2 Å². The minimum Gasteiger partial charge on any atom is -0.361 e. The molecule has 0 atom stereocenters. The van der Waals surface area contributed by atoms with Crippen LogP contribution in [0.15, 0.2) is 36.7 Å². The maximum atomic E-state index is 4.75. The van der Waals surface area contributed by atoms with Crippen LogP contribution in [0.3, 0.4) is 0 Å². The standard InChI is InChI=1S/C21H27N5/c1-3-5-17-14-23-16(2)24-21(17)26-12-10-25(11-13-26)15-18-6-4-7-20-19(18)8-9-22-20/h4,6-9,14,22H,3,5,10-13,15H2,1-2H3. The van der Waals surface area contributed by atoms with Crippen LogP contribution in [0.5, 0.6) is 0 Å². The fourth-order valence-corrected chi connectivity index (χ4v) is 3.85. The number of H-pyrrole nitrogens is 1. The smallest absolute Gasteiger partial charge is 0.135 e. The summed E-state index contributed by atoms with van der Waals surface area (Å²) in [5.41, 5.74) is 3.91. The zero-order valence-corrected chi connectivity index (χ0v) is 15.7. The number of aromatic amines is 1. The Hall–Kier alpha value is -2.40. The molecule has 4 rings (SSSR count). The summed E-state index contributed by atoms with van der Waals surface area (Å²) in [7, 11) is 0. The molecule has 0 radical (unpaired) electrons. The van der Waals surface area contributed by atoms with Crippen LogP contribution in [0.4, 0.5) is 5.82 Å². The zero-order chi connectivity index (χ0) is 17.9. The molecule has 5 nitrogen and oxygen atoms in total. The minimum atomic E-state index is 0.862. The molecular weight excluding hydrogens is 322 g/mol. The summed E-state index contributed by atoms with van der Waals surface area (Å²) in [6.45, 7) is 9.38. The Bertz CT molecular complexity index is 877. The van der Waals surface area contributed by atoms with Gasteiger partial charge in [0.05, 0.1) is 0 Å². The Labute approximate surface area is 155 Å². The van der Waals surface area contributed by atoms with Crippen LogP contribution in [0.1, 0.15) is 30.3 Å². The lowest BCUT2D eigenvalue weighted by Crippen LogP contribution is -2.46. The monoisotopic (exact) mass is 349 g/mol. The number of piperazine rings is 1. The van der Waals surface area contributed by atoms with Gasteiger partial charge >= 0.3 is 0 Å². The summed E-state index contributed by atoms with van der Waals surface area (Å²) in [5.74, 6) is 2.01. The molecular formula is C21H27N5. The highest BCUT2D eigenvalue weighted by molar-refractivity contribution is 5.82.